The van der Waals surface area contributed by atoms with Crippen LogP contribution in [-0.4, -0.2) is 27.5 Å². The number of benzene rings is 1. The van der Waals surface area contributed by atoms with Gasteiger partial charge >= 0.3 is 0 Å². The van der Waals surface area contributed by atoms with Gasteiger partial charge in [0.1, 0.15) is 5.82 Å². The molecule has 0 aliphatic carbocycles. The highest BCUT2D eigenvalue weighted by molar-refractivity contribution is 7.07. The fraction of sp³-hybridized carbons (Fsp3) is 0.350. The summed E-state index contributed by atoms with van der Waals surface area (Å²) in [5.74, 6) is 2.79. The van der Waals surface area contributed by atoms with Crippen molar-refractivity contribution in [1.82, 2.24) is 14.5 Å². The summed E-state index contributed by atoms with van der Waals surface area (Å²) in [5.41, 5.74) is 4.02. The first-order chi connectivity index (χ1) is 11.9. The molecule has 0 spiro atoms. The van der Waals surface area contributed by atoms with Crippen LogP contribution in [0.2, 0.25) is 0 Å². The molecule has 0 amide bonds. The Morgan fingerprint density at radius 1 is 1.04 bits per heavy atom. The van der Waals surface area contributed by atoms with E-state index in [2.05, 4.69) is 62.8 Å². The summed E-state index contributed by atoms with van der Waals surface area (Å²) in [6.45, 7) is 4.65. The first-order valence-electron chi connectivity index (χ1n) is 8.70. The van der Waals surface area contributed by atoms with Crippen LogP contribution in [0.4, 0.5) is 0 Å². The average molecular weight is 335 g/mol. The zero-order chi connectivity index (χ0) is 15.9. The number of imidazole rings is 1. The second kappa shape index (κ2) is 5.87. The van der Waals surface area contributed by atoms with E-state index in [1.54, 1.807) is 11.3 Å². The Labute approximate surface area is 146 Å². The molecule has 2 aliphatic heterocycles. The van der Waals surface area contributed by atoms with E-state index in [4.69, 9.17) is 4.98 Å². The van der Waals surface area contributed by atoms with Crippen LogP contribution in [0.25, 0.3) is 11.3 Å². The molecule has 4 heterocycles. The molecule has 3 aromatic rings. The maximum absolute atomic E-state index is 4.74. The highest BCUT2D eigenvalue weighted by Gasteiger charge is 2.37. The van der Waals surface area contributed by atoms with Crippen molar-refractivity contribution in [3.63, 3.8) is 0 Å². The van der Waals surface area contributed by atoms with Gasteiger partial charge in [0.2, 0.25) is 0 Å². The lowest BCUT2D eigenvalue weighted by Gasteiger charge is -2.27. The smallest absolute Gasteiger partial charge is 0.109 e. The van der Waals surface area contributed by atoms with Crippen molar-refractivity contribution in [1.29, 1.82) is 0 Å². The molecule has 24 heavy (non-hydrogen) atoms. The quantitative estimate of drug-likeness (QED) is 0.723. The minimum Gasteiger partial charge on any atom is -0.328 e. The summed E-state index contributed by atoms with van der Waals surface area (Å²) in [4.78, 5) is 7.37. The second-order valence-electron chi connectivity index (χ2n) is 7.09. The number of hydrogen-bond acceptors (Lipinski definition) is 3. The molecule has 3 nitrogen and oxygen atoms in total. The van der Waals surface area contributed by atoms with E-state index in [0.717, 1.165) is 31.3 Å². The van der Waals surface area contributed by atoms with Gasteiger partial charge in [-0.2, -0.15) is 11.3 Å². The van der Waals surface area contributed by atoms with Gasteiger partial charge in [-0.3, -0.25) is 4.90 Å². The number of nitrogens with zero attached hydrogens (tertiary/aromatic N) is 3. The molecule has 5 rings (SSSR count). The monoisotopic (exact) mass is 335 g/mol. The SMILES string of the molecule is c1ccc(-c2cnc3n2C[C@H]2CN(Cc4ccsc4)C[C@H]2C3)cc1. The third-order valence-electron chi connectivity index (χ3n) is 5.51. The van der Waals surface area contributed by atoms with Gasteiger partial charge in [-0.05, 0) is 39.8 Å². The Morgan fingerprint density at radius 3 is 2.75 bits per heavy atom. The van der Waals surface area contributed by atoms with Crippen LogP contribution in [0, 0.1) is 11.8 Å². The van der Waals surface area contributed by atoms with E-state index >= 15 is 0 Å². The average Bonchev–Trinajstić information content (AvgIpc) is 3.32. The molecule has 1 saturated heterocycles. The predicted octanol–water partition coefficient (Wildman–Crippen LogP) is 3.92. The summed E-state index contributed by atoms with van der Waals surface area (Å²) in [6, 6.07) is 12.9. The second-order valence-corrected chi connectivity index (χ2v) is 7.87. The summed E-state index contributed by atoms with van der Waals surface area (Å²) in [5, 5.41) is 4.46. The van der Waals surface area contributed by atoms with Crippen molar-refractivity contribution in [2.24, 2.45) is 11.8 Å². The van der Waals surface area contributed by atoms with Gasteiger partial charge in [0, 0.05) is 32.6 Å². The van der Waals surface area contributed by atoms with E-state index in [9.17, 15) is 0 Å². The number of likely N-dealkylation sites (tertiary alicyclic amines) is 1. The highest BCUT2D eigenvalue weighted by atomic mass is 32.1. The normalized spacial score (nSPS) is 23.2. The summed E-state index contributed by atoms with van der Waals surface area (Å²) in [6.07, 6.45) is 3.19. The Bertz CT molecular complexity index is 822. The van der Waals surface area contributed by atoms with Crippen LogP contribution in [0.3, 0.4) is 0 Å². The van der Waals surface area contributed by atoms with Crippen LogP contribution in [0.1, 0.15) is 11.4 Å². The molecule has 0 N–H and O–H groups in total. The van der Waals surface area contributed by atoms with Gasteiger partial charge in [0.25, 0.3) is 0 Å². The summed E-state index contributed by atoms with van der Waals surface area (Å²) in [7, 11) is 0. The van der Waals surface area contributed by atoms with Gasteiger partial charge in [0.15, 0.2) is 0 Å². The van der Waals surface area contributed by atoms with Crippen molar-refractivity contribution >= 4 is 11.3 Å². The molecule has 1 fully saturated rings. The molecule has 2 aromatic heterocycles. The third-order valence-corrected chi connectivity index (χ3v) is 6.24. The van der Waals surface area contributed by atoms with E-state index in [-0.39, 0.29) is 0 Å². The summed E-state index contributed by atoms with van der Waals surface area (Å²) >= 11 is 1.80. The van der Waals surface area contributed by atoms with E-state index in [0.29, 0.717) is 0 Å². The van der Waals surface area contributed by atoms with Crippen LogP contribution >= 0.6 is 11.3 Å². The summed E-state index contributed by atoms with van der Waals surface area (Å²) < 4.78 is 2.46. The number of hydrogen-bond donors (Lipinski definition) is 0. The highest BCUT2D eigenvalue weighted by Crippen LogP contribution is 2.35. The minimum absolute atomic E-state index is 0.757. The zero-order valence-corrected chi connectivity index (χ0v) is 14.5. The van der Waals surface area contributed by atoms with Gasteiger partial charge in [-0.1, -0.05) is 30.3 Å². The Morgan fingerprint density at radius 2 is 1.92 bits per heavy atom. The van der Waals surface area contributed by atoms with Crippen molar-refractivity contribution in [2.75, 3.05) is 13.1 Å². The van der Waals surface area contributed by atoms with E-state index in [1.807, 2.05) is 0 Å². The minimum atomic E-state index is 0.757. The Balaban J connectivity index is 1.37. The van der Waals surface area contributed by atoms with Crippen LogP contribution in [-0.2, 0) is 19.5 Å². The standard InChI is InChI=1S/C20H21N3S/c1-2-4-16(5-3-1)19-9-21-20-8-17-11-22(10-15-6-7-24-14-15)12-18(17)13-23(19)20/h1-7,9,14,17-18H,8,10-13H2/t17-,18-/m1/s1. The number of rotatable bonds is 3. The molecule has 4 heteroatoms. The van der Waals surface area contributed by atoms with Gasteiger partial charge in [0.05, 0.1) is 11.9 Å². The number of fused-ring (bicyclic) bond motifs is 2. The van der Waals surface area contributed by atoms with Gasteiger partial charge < -0.3 is 4.57 Å². The van der Waals surface area contributed by atoms with Crippen LogP contribution < -0.4 is 0 Å². The molecular formula is C20H21N3S. The molecule has 122 valence electrons. The Kier molecular flexibility index (Phi) is 3.53. The first kappa shape index (κ1) is 14.4. The lowest BCUT2D eigenvalue weighted by Crippen LogP contribution is -2.28. The lowest BCUT2D eigenvalue weighted by molar-refractivity contribution is 0.307. The molecule has 0 bridgehead atoms. The maximum Gasteiger partial charge on any atom is 0.109 e. The van der Waals surface area contributed by atoms with Gasteiger partial charge in [-0.25, -0.2) is 4.98 Å². The molecule has 1 aromatic carbocycles. The fourth-order valence-corrected chi connectivity index (χ4v) is 4.99. The van der Waals surface area contributed by atoms with Crippen molar-refractivity contribution in [2.45, 2.75) is 19.5 Å². The predicted molar refractivity (Wildman–Crippen MR) is 97.9 cm³/mol. The third kappa shape index (κ3) is 2.50. The topological polar surface area (TPSA) is 21.1 Å². The fourth-order valence-electron chi connectivity index (χ4n) is 4.33. The number of thiophene rings is 1. The molecule has 0 unspecified atom stereocenters. The maximum atomic E-state index is 4.74. The van der Waals surface area contributed by atoms with Crippen LogP contribution in [0.15, 0.2) is 53.4 Å². The molecular weight excluding hydrogens is 314 g/mol. The first-order valence-corrected chi connectivity index (χ1v) is 9.64. The van der Waals surface area contributed by atoms with Crippen molar-refractivity contribution < 1.29 is 0 Å². The zero-order valence-electron chi connectivity index (χ0n) is 13.6. The molecule has 0 saturated carbocycles. The lowest BCUT2D eigenvalue weighted by atomic mass is 9.89. The Hall–Kier alpha value is -1.91. The van der Waals surface area contributed by atoms with Crippen molar-refractivity contribution in [3.05, 3.63) is 64.7 Å². The molecule has 2 aliphatic rings. The van der Waals surface area contributed by atoms with Crippen LogP contribution in [0.5, 0.6) is 0 Å². The van der Waals surface area contributed by atoms with Crippen molar-refractivity contribution in [3.8, 4) is 11.3 Å². The van der Waals surface area contributed by atoms with E-state index < -0.39 is 0 Å². The molecule has 0 radical (unpaired) electrons. The van der Waals surface area contributed by atoms with Gasteiger partial charge in [-0.15, -0.1) is 0 Å². The largest absolute Gasteiger partial charge is 0.328 e. The number of aromatic nitrogens is 2. The van der Waals surface area contributed by atoms with E-state index in [1.165, 1.54) is 35.7 Å². The molecule has 2 atom stereocenters.